The van der Waals surface area contributed by atoms with Crippen molar-refractivity contribution in [3.63, 3.8) is 0 Å². The van der Waals surface area contributed by atoms with Crippen LogP contribution < -0.4 is 9.47 Å². The van der Waals surface area contributed by atoms with Crippen molar-refractivity contribution in [1.29, 1.82) is 0 Å². The first kappa shape index (κ1) is 64.5. The van der Waals surface area contributed by atoms with Crippen molar-refractivity contribution < 1.29 is 19.7 Å². The topological polar surface area (TPSA) is 68.8 Å². The minimum atomic E-state index is -0.139. The molecule has 0 radical (unpaired) electrons. The van der Waals surface area contributed by atoms with Gasteiger partial charge in [-0.1, -0.05) is 189 Å². The molecule has 10 rings (SSSR count). The third-order valence-corrected chi connectivity index (χ3v) is 20.0. The smallest absolute Gasteiger partial charge is 0.158 e. The molecule has 10 aromatic rings. The summed E-state index contributed by atoms with van der Waals surface area (Å²) >= 11 is 3.14. The van der Waals surface area contributed by atoms with Crippen molar-refractivity contribution >= 4 is 66.3 Å². The molecule has 0 aliphatic carbocycles. The molecule has 0 saturated heterocycles. The molecule has 0 fully saturated rings. The number of ether oxygens (including phenoxy) is 2. The molecule has 6 nitrogen and oxygen atoms in total. The fourth-order valence-electron chi connectivity index (χ4n) is 13.7. The lowest BCUT2D eigenvalue weighted by molar-refractivity contribution is 0.266. The van der Waals surface area contributed by atoms with Gasteiger partial charge in [0.1, 0.15) is 11.5 Å². The van der Waals surface area contributed by atoms with Crippen molar-refractivity contribution in [2.45, 2.75) is 210 Å². The van der Waals surface area contributed by atoms with Crippen LogP contribution >= 0.6 is 22.7 Å². The molecule has 0 aliphatic rings. The van der Waals surface area contributed by atoms with Crippen LogP contribution in [0.1, 0.15) is 211 Å². The number of hydrogen-bond acceptors (Lipinski definition) is 6. The zero-order chi connectivity index (χ0) is 64.2. The Morgan fingerprint density at radius 3 is 0.886 bits per heavy atom. The van der Waals surface area contributed by atoms with E-state index in [1.54, 1.807) is 22.7 Å². The quantitative estimate of drug-likeness (QED) is 0.100. The average molecular weight is 1220 g/mol. The van der Waals surface area contributed by atoms with Crippen molar-refractivity contribution in [1.82, 2.24) is 9.13 Å². The molecular weight excluding hydrogens is 1120 g/mol. The van der Waals surface area contributed by atoms with Crippen molar-refractivity contribution in [2.75, 3.05) is 13.2 Å². The summed E-state index contributed by atoms with van der Waals surface area (Å²) in [6.07, 6.45) is 3.46. The predicted molar refractivity (Wildman–Crippen MR) is 381 cm³/mol. The molecule has 0 unspecified atom stereocenters. The van der Waals surface area contributed by atoms with Crippen LogP contribution in [0.4, 0.5) is 0 Å². The lowest BCUT2D eigenvalue weighted by Crippen LogP contribution is -2.24. The maximum Gasteiger partial charge on any atom is 0.158 e. The Morgan fingerprint density at radius 2 is 0.625 bits per heavy atom. The van der Waals surface area contributed by atoms with Crippen LogP contribution in [-0.2, 0) is 32.5 Å². The van der Waals surface area contributed by atoms with Crippen molar-refractivity contribution in [2.24, 2.45) is 10.8 Å². The molecule has 8 heteroatoms. The van der Waals surface area contributed by atoms with Gasteiger partial charge in [-0.25, -0.2) is 0 Å². The molecule has 6 aromatic carbocycles. The van der Waals surface area contributed by atoms with Crippen molar-refractivity contribution in [3.05, 3.63) is 153 Å². The van der Waals surface area contributed by atoms with Gasteiger partial charge in [-0.15, -0.1) is 22.7 Å². The average Bonchev–Trinajstić information content (AvgIpc) is 1.69. The fraction of sp³-hybridized carbons (Fsp3) is 0.450. The fourth-order valence-corrected chi connectivity index (χ4v) is 15.6. The first-order valence-electron chi connectivity index (χ1n) is 32.1. The summed E-state index contributed by atoms with van der Waals surface area (Å²) in [4.78, 5) is 1.58. The minimum Gasteiger partial charge on any atom is -0.504 e. The highest BCUT2D eigenvalue weighted by molar-refractivity contribution is 7.14. The third kappa shape index (κ3) is 13.0. The highest BCUT2D eigenvalue weighted by atomic mass is 32.1. The molecule has 0 saturated carbocycles. The Balaban J connectivity index is 0.961. The normalized spacial score (nSPS) is 13.5. The summed E-state index contributed by atoms with van der Waals surface area (Å²) in [6, 6.07) is 40.6. The Labute approximate surface area is 535 Å². The highest BCUT2D eigenvalue weighted by Gasteiger charge is 2.33. The van der Waals surface area contributed by atoms with Gasteiger partial charge in [0.05, 0.1) is 56.4 Å². The van der Waals surface area contributed by atoms with E-state index in [1.165, 1.54) is 54.9 Å². The first-order chi connectivity index (χ1) is 40.7. The standard InChI is InChI=1S/C80H100N2O4S2/c1-73(2,3)47-79(19,20)53-29-35-67(59(43-53)71-69(83)65(45-87-71)81-61-31-25-49(75(7,8)9)39-55(61)56-40-50(76(10,11)12)26-32-62(56)81)85-37-23-24-38-86-68-36-30-54(80(21,22)48-74(4,5)6)44-60(68)72-70(84)66(46-88-72)82-63-33-27-51(77(13,14)15)41-57(63)58-42-52(78(16,17)18)28-34-64(58)82/h25-36,39-46,83-84H,23-24,37-38,47-48H2,1-22H3. The van der Waals surface area contributed by atoms with Gasteiger partial charge in [0, 0.05) is 43.4 Å². The van der Waals surface area contributed by atoms with Gasteiger partial charge in [0.25, 0.3) is 0 Å². The molecule has 0 amide bonds. The van der Waals surface area contributed by atoms with E-state index >= 15 is 0 Å². The van der Waals surface area contributed by atoms with Gasteiger partial charge in [0.2, 0.25) is 0 Å². The number of nitrogens with zero attached hydrogens (tertiary/aromatic N) is 2. The molecule has 4 aromatic heterocycles. The lowest BCUT2D eigenvalue weighted by Gasteiger charge is -2.33. The maximum atomic E-state index is 12.7. The van der Waals surface area contributed by atoms with E-state index in [0.717, 1.165) is 91.5 Å². The van der Waals surface area contributed by atoms with Crippen LogP contribution in [-0.4, -0.2) is 32.6 Å². The van der Waals surface area contributed by atoms with Crippen LogP contribution in [0.3, 0.4) is 0 Å². The van der Waals surface area contributed by atoms with Gasteiger partial charge in [0.15, 0.2) is 11.5 Å². The SMILES string of the molecule is CC(C)(C)CC(C)(C)c1ccc(OCCCCOc2ccc(C(C)(C)CC(C)(C)C)cc2-c2scc(-n3c4ccc(C(C)(C)C)cc4c4cc(C(C)(C)C)ccc43)c2O)c(-c2scc(-n3c4ccc(C(C)(C)C)cc4c4cc(C(C)(C)C)ccc43)c2O)c1. The van der Waals surface area contributed by atoms with Gasteiger partial charge < -0.3 is 28.8 Å². The summed E-state index contributed by atoms with van der Waals surface area (Å²) in [7, 11) is 0. The monoisotopic (exact) mass is 1220 g/mol. The summed E-state index contributed by atoms with van der Waals surface area (Å²) in [5.41, 5.74) is 15.0. The first-order valence-corrected chi connectivity index (χ1v) is 33.8. The van der Waals surface area contributed by atoms with Gasteiger partial charge in [-0.2, -0.15) is 0 Å². The zero-order valence-electron chi connectivity index (χ0n) is 57.2. The summed E-state index contributed by atoms with van der Waals surface area (Å²) in [5.74, 6) is 2.00. The zero-order valence-corrected chi connectivity index (χ0v) is 58.8. The van der Waals surface area contributed by atoms with E-state index in [2.05, 4.69) is 281 Å². The number of hydrogen-bond donors (Lipinski definition) is 2. The molecule has 0 atom stereocenters. The van der Waals surface area contributed by atoms with Crippen LogP contribution in [0.15, 0.2) is 120 Å². The van der Waals surface area contributed by atoms with E-state index in [1.807, 2.05) is 0 Å². The van der Waals surface area contributed by atoms with E-state index in [-0.39, 0.29) is 54.8 Å². The van der Waals surface area contributed by atoms with E-state index in [4.69, 9.17) is 9.47 Å². The summed E-state index contributed by atoms with van der Waals surface area (Å²) < 4.78 is 18.2. The van der Waals surface area contributed by atoms with Gasteiger partial charge in [-0.3, -0.25) is 0 Å². The third-order valence-electron chi connectivity index (χ3n) is 18.0. The van der Waals surface area contributed by atoms with Crippen LogP contribution in [0.25, 0.3) is 75.9 Å². The predicted octanol–water partition coefficient (Wildman–Crippen LogP) is 23.6. The second-order valence-corrected chi connectivity index (χ2v) is 35.0. The molecule has 0 bridgehead atoms. The molecule has 0 aliphatic heterocycles. The van der Waals surface area contributed by atoms with Crippen molar-refractivity contribution in [3.8, 4) is 55.3 Å². The molecule has 88 heavy (non-hydrogen) atoms. The van der Waals surface area contributed by atoms with E-state index in [0.29, 0.717) is 13.2 Å². The van der Waals surface area contributed by atoms with E-state index in [9.17, 15) is 10.2 Å². The van der Waals surface area contributed by atoms with Crippen LogP contribution in [0, 0.1) is 10.8 Å². The van der Waals surface area contributed by atoms with Gasteiger partial charge >= 0.3 is 0 Å². The number of fused-ring (bicyclic) bond motifs is 6. The molecular formula is C80H100N2O4S2. The number of rotatable bonds is 15. The number of unbranched alkanes of at least 4 members (excludes halogenated alkanes) is 1. The molecule has 2 N–H and O–H groups in total. The number of aromatic nitrogens is 2. The number of thiophene rings is 2. The molecule has 0 spiro atoms. The minimum absolute atomic E-state index is 0.0254. The summed E-state index contributed by atoms with van der Waals surface area (Å²) in [5, 5.41) is 34.4. The number of benzene rings is 6. The lowest BCUT2D eigenvalue weighted by atomic mass is 9.72. The second kappa shape index (κ2) is 22.8. The summed E-state index contributed by atoms with van der Waals surface area (Å²) in [6.45, 7) is 51.3. The largest absolute Gasteiger partial charge is 0.504 e. The Bertz CT molecular complexity index is 3830. The molecule has 4 heterocycles. The molecule has 466 valence electrons. The number of aromatic hydroxyl groups is 2. The Morgan fingerprint density at radius 1 is 0.352 bits per heavy atom. The highest BCUT2D eigenvalue weighted by Crippen LogP contribution is 2.52. The Hall–Kier alpha value is -6.48. The van der Waals surface area contributed by atoms with Gasteiger partial charge in [-0.05, 0) is 175 Å². The van der Waals surface area contributed by atoms with Crippen LogP contribution in [0.5, 0.6) is 23.0 Å². The van der Waals surface area contributed by atoms with E-state index < -0.39 is 0 Å². The maximum absolute atomic E-state index is 12.7. The second-order valence-electron chi connectivity index (χ2n) is 33.3. The van der Waals surface area contributed by atoms with Crippen LogP contribution in [0.2, 0.25) is 0 Å². The Kier molecular flexibility index (Phi) is 16.7.